The molecule has 1 rings (SSSR count). The van der Waals surface area contributed by atoms with Crippen LogP contribution in [0.25, 0.3) is 0 Å². The van der Waals surface area contributed by atoms with Gasteiger partial charge in [-0.05, 0) is 33.9 Å². The van der Waals surface area contributed by atoms with Gasteiger partial charge in [0.2, 0.25) is 0 Å². The van der Waals surface area contributed by atoms with Gasteiger partial charge in [-0.3, -0.25) is 0 Å². The summed E-state index contributed by atoms with van der Waals surface area (Å²) < 4.78 is 5.51. The van der Waals surface area contributed by atoms with Crippen LogP contribution in [-0.4, -0.2) is 37.7 Å². The minimum Gasteiger partial charge on any atom is -0.377 e. The molecule has 0 spiro atoms. The van der Waals surface area contributed by atoms with Crippen LogP contribution in [0.3, 0.4) is 0 Å². The molecular weight excluding hydrogens is 126 g/mol. The lowest BCUT2D eigenvalue weighted by atomic mass is 10.1. The Morgan fingerprint density at radius 2 is 2.00 bits per heavy atom. The standard InChI is InChI=1S/C8H17NO/c1-7-4-5-8(6-10-7)9(2)3/h7-8H,4-6H2,1-3H3. The summed E-state index contributed by atoms with van der Waals surface area (Å²) in [5.74, 6) is 0. The van der Waals surface area contributed by atoms with Crippen LogP contribution < -0.4 is 0 Å². The fourth-order valence-electron chi connectivity index (χ4n) is 1.28. The Morgan fingerprint density at radius 1 is 1.30 bits per heavy atom. The molecule has 60 valence electrons. The van der Waals surface area contributed by atoms with Crippen LogP contribution in [0, 0.1) is 0 Å². The summed E-state index contributed by atoms with van der Waals surface area (Å²) in [4.78, 5) is 2.24. The largest absolute Gasteiger partial charge is 0.377 e. The smallest absolute Gasteiger partial charge is 0.0625 e. The predicted octanol–water partition coefficient (Wildman–Crippen LogP) is 1.12. The fraction of sp³-hybridized carbons (Fsp3) is 1.00. The lowest BCUT2D eigenvalue weighted by Crippen LogP contribution is -2.38. The molecule has 0 bridgehead atoms. The van der Waals surface area contributed by atoms with E-state index in [0.717, 1.165) is 6.61 Å². The van der Waals surface area contributed by atoms with Crippen molar-refractivity contribution in [3.05, 3.63) is 0 Å². The Bertz CT molecular complexity index is 95.4. The Morgan fingerprint density at radius 3 is 2.40 bits per heavy atom. The third kappa shape index (κ3) is 1.96. The van der Waals surface area contributed by atoms with Crippen LogP contribution in [0.2, 0.25) is 0 Å². The van der Waals surface area contributed by atoms with Crippen LogP contribution in [0.5, 0.6) is 0 Å². The molecule has 2 unspecified atom stereocenters. The van der Waals surface area contributed by atoms with E-state index in [2.05, 4.69) is 25.9 Å². The first-order chi connectivity index (χ1) is 4.70. The second kappa shape index (κ2) is 3.35. The van der Waals surface area contributed by atoms with Crippen LogP contribution in [0.4, 0.5) is 0 Å². The van der Waals surface area contributed by atoms with E-state index in [1.54, 1.807) is 0 Å². The summed E-state index contributed by atoms with van der Waals surface area (Å²) in [7, 11) is 4.23. The molecule has 0 aromatic rings. The lowest BCUT2D eigenvalue weighted by Gasteiger charge is -2.31. The van der Waals surface area contributed by atoms with E-state index in [-0.39, 0.29) is 0 Å². The number of ether oxygens (including phenoxy) is 1. The molecule has 0 radical (unpaired) electrons. The van der Waals surface area contributed by atoms with Gasteiger partial charge in [0.15, 0.2) is 0 Å². The van der Waals surface area contributed by atoms with Gasteiger partial charge in [0.25, 0.3) is 0 Å². The molecule has 0 aliphatic carbocycles. The summed E-state index contributed by atoms with van der Waals surface area (Å²) >= 11 is 0. The summed E-state index contributed by atoms with van der Waals surface area (Å²) in [5.41, 5.74) is 0. The monoisotopic (exact) mass is 143 g/mol. The highest BCUT2D eigenvalue weighted by Gasteiger charge is 2.19. The molecule has 10 heavy (non-hydrogen) atoms. The molecular formula is C8H17NO. The summed E-state index contributed by atoms with van der Waals surface area (Å²) in [6.45, 7) is 3.06. The minimum absolute atomic E-state index is 0.483. The predicted molar refractivity (Wildman–Crippen MR) is 42.1 cm³/mol. The first-order valence-electron chi connectivity index (χ1n) is 3.98. The highest BCUT2D eigenvalue weighted by atomic mass is 16.5. The minimum atomic E-state index is 0.483. The SMILES string of the molecule is CC1CCC(N(C)C)CO1. The summed E-state index contributed by atoms with van der Waals surface area (Å²) in [6, 6.07) is 0.649. The van der Waals surface area contributed by atoms with Gasteiger partial charge in [-0.15, -0.1) is 0 Å². The summed E-state index contributed by atoms with van der Waals surface area (Å²) in [5, 5.41) is 0. The molecule has 1 aliphatic heterocycles. The summed E-state index contributed by atoms with van der Waals surface area (Å²) in [6.07, 6.45) is 2.98. The molecule has 1 fully saturated rings. The zero-order chi connectivity index (χ0) is 7.56. The Hall–Kier alpha value is -0.0800. The molecule has 2 heteroatoms. The van der Waals surface area contributed by atoms with Crippen molar-refractivity contribution >= 4 is 0 Å². The van der Waals surface area contributed by atoms with Crippen molar-refractivity contribution in [3.8, 4) is 0 Å². The first-order valence-corrected chi connectivity index (χ1v) is 3.98. The highest BCUT2D eigenvalue weighted by molar-refractivity contribution is 4.72. The molecule has 1 saturated heterocycles. The van der Waals surface area contributed by atoms with E-state index in [0.29, 0.717) is 12.1 Å². The number of likely N-dealkylation sites (N-methyl/N-ethyl adjacent to an activating group) is 1. The van der Waals surface area contributed by atoms with Crippen molar-refractivity contribution < 1.29 is 4.74 Å². The van der Waals surface area contributed by atoms with Gasteiger partial charge in [-0.25, -0.2) is 0 Å². The van der Waals surface area contributed by atoms with E-state index in [1.807, 2.05) is 0 Å². The molecule has 2 nitrogen and oxygen atoms in total. The normalized spacial score (nSPS) is 34.8. The number of hydrogen-bond acceptors (Lipinski definition) is 2. The molecule has 0 N–H and O–H groups in total. The Kier molecular flexibility index (Phi) is 2.69. The maximum Gasteiger partial charge on any atom is 0.0625 e. The molecule has 2 atom stereocenters. The van der Waals surface area contributed by atoms with E-state index < -0.39 is 0 Å². The molecule has 0 aromatic heterocycles. The molecule has 0 aromatic carbocycles. The molecule has 1 heterocycles. The Balaban J connectivity index is 2.26. The second-order valence-electron chi connectivity index (χ2n) is 3.34. The quantitative estimate of drug-likeness (QED) is 0.545. The van der Waals surface area contributed by atoms with Gasteiger partial charge in [0, 0.05) is 6.04 Å². The maximum absolute atomic E-state index is 5.51. The van der Waals surface area contributed by atoms with Crippen molar-refractivity contribution in [1.82, 2.24) is 4.90 Å². The van der Waals surface area contributed by atoms with Gasteiger partial charge in [0.1, 0.15) is 0 Å². The van der Waals surface area contributed by atoms with E-state index in [1.165, 1.54) is 12.8 Å². The molecule has 0 saturated carbocycles. The van der Waals surface area contributed by atoms with Crippen molar-refractivity contribution in [2.45, 2.75) is 31.9 Å². The number of rotatable bonds is 1. The Labute approximate surface area is 63.2 Å². The van der Waals surface area contributed by atoms with Crippen molar-refractivity contribution in [1.29, 1.82) is 0 Å². The van der Waals surface area contributed by atoms with Crippen LogP contribution >= 0.6 is 0 Å². The molecule has 0 amide bonds. The van der Waals surface area contributed by atoms with Crippen LogP contribution in [-0.2, 0) is 4.74 Å². The van der Waals surface area contributed by atoms with E-state index in [4.69, 9.17) is 4.74 Å². The average Bonchev–Trinajstić information content (AvgIpc) is 1.88. The average molecular weight is 143 g/mol. The van der Waals surface area contributed by atoms with E-state index >= 15 is 0 Å². The zero-order valence-corrected chi connectivity index (χ0v) is 7.13. The van der Waals surface area contributed by atoms with Gasteiger partial charge < -0.3 is 9.64 Å². The first kappa shape index (κ1) is 8.02. The van der Waals surface area contributed by atoms with Gasteiger partial charge >= 0.3 is 0 Å². The van der Waals surface area contributed by atoms with E-state index in [9.17, 15) is 0 Å². The number of hydrogen-bond donors (Lipinski definition) is 0. The van der Waals surface area contributed by atoms with Gasteiger partial charge in [-0.2, -0.15) is 0 Å². The van der Waals surface area contributed by atoms with Crippen LogP contribution in [0.1, 0.15) is 19.8 Å². The van der Waals surface area contributed by atoms with Crippen molar-refractivity contribution in [2.75, 3.05) is 20.7 Å². The second-order valence-corrected chi connectivity index (χ2v) is 3.34. The third-order valence-corrected chi connectivity index (χ3v) is 2.21. The van der Waals surface area contributed by atoms with Crippen molar-refractivity contribution in [2.24, 2.45) is 0 Å². The van der Waals surface area contributed by atoms with Gasteiger partial charge in [0.05, 0.1) is 12.7 Å². The van der Waals surface area contributed by atoms with Gasteiger partial charge in [-0.1, -0.05) is 0 Å². The number of nitrogens with zero attached hydrogens (tertiary/aromatic N) is 1. The zero-order valence-electron chi connectivity index (χ0n) is 7.13. The highest BCUT2D eigenvalue weighted by Crippen LogP contribution is 2.15. The fourth-order valence-corrected chi connectivity index (χ4v) is 1.28. The third-order valence-electron chi connectivity index (χ3n) is 2.21. The topological polar surface area (TPSA) is 12.5 Å². The molecule has 1 aliphatic rings. The van der Waals surface area contributed by atoms with Crippen molar-refractivity contribution in [3.63, 3.8) is 0 Å². The maximum atomic E-state index is 5.51. The van der Waals surface area contributed by atoms with Crippen LogP contribution in [0.15, 0.2) is 0 Å². The lowest BCUT2D eigenvalue weighted by molar-refractivity contribution is -0.0158.